The smallest absolute Gasteiger partial charge is 0.258 e. The van der Waals surface area contributed by atoms with E-state index in [0.717, 1.165) is 17.7 Å². The predicted molar refractivity (Wildman–Crippen MR) is 77.9 cm³/mol. The standard InChI is InChI=1S/C13H17N3O2S2/c17-20(18,12-7-8-14-15-12)16-13(10-4-1-2-5-10)11-6-3-9-19-11/h3,6-10,13,16H,1-2,4-5H2,(H,14,15). The van der Waals surface area contributed by atoms with Crippen molar-refractivity contribution in [2.24, 2.45) is 5.92 Å². The highest BCUT2D eigenvalue weighted by atomic mass is 32.2. The Kier molecular flexibility index (Phi) is 3.91. The Morgan fingerprint density at radius 1 is 1.35 bits per heavy atom. The maximum absolute atomic E-state index is 12.4. The molecule has 1 atom stereocenters. The van der Waals surface area contributed by atoms with Crippen LogP contribution >= 0.6 is 11.3 Å². The van der Waals surface area contributed by atoms with E-state index in [1.54, 1.807) is 11.3 Å². The fourth-order valence-electron chi connectivity index (χ4n) is 2.77. The number of nitrogens with one attached hydrogen (secondary N) is 2. The minimum Gasteiger partial charge on any atom is -0.266 e. The maximum Gasteiger partial charge on any atom is 0.258 e. The van der Waals surface area contributed by atoms with Gasteiger partial charge in [0.2, 0.25) is 0 Å². The van der Waals surface area contributed by atoms with Crippen LogP contribution in [0, 0.1) is 5.92 Å². The summed E-state index contributed by atoms with van der Waals surface area (Å²) in [6.45, 7) is 0. The van der Waals surface area contributed by atoms with Gasteiger partial charge in [0, 0.05) is 4.88 Å². The zero-order valence-electron chi connectivity index (χ0n) is 11.0. The molecule has 1 aliphatic rings. The van der Waals surface area contributed by atoms with Gasteiger partial charge in [0.1, 0.15) is 0 Å². The summed E-state index contributed by atoms with van der Waals surface area (Å²) < 4.78 is 27.6. The Morgan fingerprint density at radius 3 is 2.75 bits per heavy atom. The van der Waals surface area contributed by atoms with Gasteiger partial charge in [-0.05, 0) is 36.3 Å². The molecule has 20 heavy (non-hydrogen) atoms. The molecule has 1 aliphatic carbocycles. The highest BCUT2D eigenvalue weighted by Gasteiger charge is 2.31. The summed E-state index contributed by atoms with van der Waals surface area (Å²) in [6, 6.07) is 5.31. The lowest BCUT2D eigenvalue weighted by molar-refractivity contribution is 0.415. The lowest BCUT2D eigenvalue weighted by Gasteiger charge is -2.23. The van der Waals surface area contributed by atoms with Crippen molar-refractivity contribution in [2.75, 3.05) is 0 Å². The molecular formula is C13H17N3O2S2. The number of sulfonamides is 1. The maximum atomic E-state index is 12.4. The Hall–Kier alpha value is -1.18. The van der Waals surface area contributed by atoms with Gasteiger partial charge < -0.3 is 0 Å². The summed E-state index contributed by atoms with van der Waals surface area (Å²) in [5, 5.41) is 8.35. The highest BCUT2D eigenvalue weighted by Crippen LogP contribution is 2.38. The molecule has 2 aromatic rings. The monoisotopic (exact) mass is 311 g/mol. The molecule has 2 aromatic heterocycles. The number of hydrogen-bond acceptors (Lipinski definition) is 4. The van der Waals surface area contributed by atoms with E-state index in [1.165, 1.54) is 25.1 Å². The topological polar surface area (TPSA) is 74.8 Å². The van der Waals surface area contributed by atoms with Gasteiger partial charge in [-0.25, -0.2) is 13.1 Å². The van der Waals surface area contributed by atoms with E-state index in [0.29, 0.717) is 5.92 Å². The normalized spacial score (nSPS) is 18.4. The molecule has 0 aromatic carbocycles. The van der Waals surface area contributed by atoms with E-state index in [4.69, 9.17) is 0 Å². The number of H-pyrrole nitrogens is 1. The third-order valence-corrected chi connectivity index (χ3v) is 6.09. The second-order valence-electron chi connectivity index (χ2n) is 5.08. The van der Waals surface area contributed by atoms with E-state index >= 15 is 0 Å². The van der Waals surface area contributed by atoms with Crippen molar-refractivity contribution in [1.82, 2.24) is 14.9 Å². The van der Waals surface area contributed by atoms with Crippen molar-refractivity contribution in [1.29, 1.82) is 0 Å². The number of nitrogens with zero attached hydrogens (tertiary/aromatic N) is 1. The molecule has 3 rings (SSSR count). The van der Waals surface area contributed by atoms with Crippen LogP contribution in [0.3, 0.4) is 0 Å². The van der Waals surface area contributed by atoms with Crippen molar-refractivity contribution in [3.8, 4) is 0 Å². The van der Waals surface area contributed by atoms with Crippen molar-refractivity contribution < 1.29 is 8.42 Å². The fraction of sp³-hybridized carbons (Fsp3) is 0.462. The highest BCUT2D eigenvalue weighted by molar-refractivity contribution is 7.89. The third kappa shape index (κ3) is 2.79. The molecule has 108 valence electrons. The summed E-state index contributed by atoms with van der Waals surface area (Å²) in [5.41, 5.74) is 0. The average Bonchev–Trinajstić information content (AvgIpc) is 3.16. The van der Waals surface area contributed by atoms with Gasteiger partial charge in [-0.3, -0.25) is 5.10 Å². The predicted octanol–water partition coefficient (Wildman–Crippen LogP) is 2.68. The quantitative estimate of drug-likeness (QED) is 0.891. The van der Waals surface area contributed by atoms with Crippen molar-refractivity contribution >= 4 is 21.4 Å². The van der Waals surface area contributed by atoms with Crippen LogP contribution in [0.2, 0.25) is 0 Å². The average molecular weight is 311 g/mol. The molecule has 0 aliphatic heterocycles. The lowest BCUT2D eigenvalue weighted by Crippen LogP contribution is -2.32. The molecule has 1 unspecified atom stereocenters. The Balaban J connectivity index is 1.87. The summed E-state index contributed by atoms with van der Waals surface area (Å²) in [7, 11) is -3.54. The van der Waals surface area contributed by atoms with Crippen molar-refractivity contribution in [3.63, 3.8) is 0 Å². The van der Waals surface area contributed by atoms with Gasteiger partial charge >= 0.3 is 0 Å². The second kappa shape index (κ2) is 5.67. The molecule has 2 heterocycles. The summed E-state index contributed by atoms with van der Waals surface area (Å²) in [6.07, 6.45) is 5.96. The number of thiophene rings is 1. The molecule has 0 radical (unpaired) electrons. The van der Waals surface area contributed by atoms with Crippen LogP contribution in [0.25, 0.3) is 0 Å². The first-order valence-corrected chi connectivity index (χ1v) is 9.08. The van der Waals surface area contributed by atoms with E-state index in [9.17, 15) is 8.42 Å². The zero-order chi connectivity index (χ0) is 14.0. The van der Waals surface area contributed by atoms with Gasteiger partial charge in [0.05, 0.1) is 12.2 Å². The molecule has 5 nitrogen and oxygen atoms in total. The van der Waals surface area contributed by atoms with Crippen LogP contribution in [0.15, 0.2) is 34.8 Å². The molecule has 0 saturated heterocycles. The number of rotatable bonds is 5. The van der Waals surface area contributed by atoms with Crippen LogP contribution in [-0.4, -0.2) is 18.6 Å². The molecule has 0 bridgehead atoms. The van der Waals surface area contributed by atoms with Crippen molar-refractivity contribution in [3.05, 3.63) is 34.7 Å². The van der Waals surface area contributed by atoms with Crippen LogP contribution in [0.4, 0.5) is 0 Å². The lowest BCUT2D eigenvalue weighted by atomic mass is 9.98. The van der Waals surface area contributed by atoms with Crippen LogP contribution in [0.5, 0.6) is 0 Å². The number of hydrogen-bond donors (Lipinski definition) is 2. The fourth-order valence-corrected chi connectivity index (χ4v) is 4.91. The molecule has 1 saturated carbocycles. The Bertz CT molecular complexity index is 629. The number of aromatic amines is 1. The molecule has 0 amide bonds. The van der Waals surface area contributed by atoms with E-state index in [1.807, 2.05) is 17.5 Å². The molecule has 0 spiro atoms. The van der Waals surface area contributed by atoms with Gasteiger partial charge in [-0.15, -0.1) is 11.3 Å². The largest absolute Gasteiger partial charge is 0.266 e. The summed E-state index contributed by atoms with van der Waals surface area (Å²) in [5.74, 6) is 0.381. The first-order valence-electron chi connectivity index (χ1n) is 6.72. The summed E-state index contributed by atoms with van der Waals surface area (Å²) in [4.78, 5) is 1.08. The first kappa shape index (κ1) is 13.8. The minimum atomic E-state index is -3.54. The molecule has 2 N–H and O–H groups in total. The van der Waals surface area contributed by atoms with Gasteiger partial charge in [-0.1, -0.05) is 18.9 Å². The van der Waals surface area contributed by atoms with Crippen molar-refractivity contribution in [2.45, 2.75) is 36.8 Å². The van der Waals surface area contributed by atoms with E-state index < -0.39 is 10.0 Å². The van der Waals surface area contributed by atoms with Gasteiger partial charge in [-0.2, -0.15) is 5.10 Å². The SMILES string of the molecule is O=S(=O)(NC(c1cccs1)C1CCCC1)c1ccn[nH]1. The minimum absolute atomic E-state index is 0.122. The Morgan fingerprint density at radius 2 is 2.15 bits per heavy atom. The summed E-state index contributed by atoms with van der Waals surface area (Å²) >= 11 is 1.60. The molecular weight excluding hydrogens is 294 g/mol. The molecule has 1 fully saturated rings. The van der Waals surface area contributed by atoms with Crippen LogP contribution < -0.4 is 4.72 Å². The zero-order valence-corrected chi connectivity index (χ0v) is 12.6. The first-order chi connectivity index (χ1) is 9.67. The number of aromatic nitrogens is 2. The Labute approximate surface area is 122 Å². The third-order valence-electron chi connectivity index (χ3n) is 3.77. The van der Waals surface area contributed by atoms with Crippen LogP contribution in [0.1, 0.15) is 36.6 Å². The van der Waals surface area contributed by atoms with Gasteiger partial charge in [0.25, 0.3) is 10.0 Å². The van der Waals surface area contributed by atoms with Crippen LogP contribution in [-0.2, 0) is 10.0 Å². The van der Waals surface area contributed by atoms with E-state index in [2.05, 4.69) is 14.9 Å². The second-order valence-corrected chi connectivity index (χ2v) is 7.74. The van der Waals surface area contributed by atoms with E-state index in [-0.39, 0.29) is 11.1 Å². The van der Waals surface area contributed by atoms with Gasteiger partial charge in [0.15, 0.2) is 5.03 Å². The molecule has 7 heteroatoms.